The van der Waals surface area contributed by atoms with E-state index in [0.717, 1.165) is 25.8 Å². The summed E-state index contributed by atoms with van der Waals surface area (Å²) in [7, 11) is 0. The number of aliphatic hydroxyl groups excluding tert-OH is 15. The third kappa shape index (κ3) is 38.3. The molecule has 20 unspecified atom stereocenters. The van der Waals surface area contributed by atoms with Gasteiger partial charge in [0, 0.05) is 62.0 Å². The van der Waals surface area contributed by atoms with E-state index < -0.39 is 134 Å². The van der Waals surface area contributed by atoms with Gasteiger partial charge < -0.3 is 96.7 Å². The van der Waals surface area contributed by atoms with E-state index in [1.165, 1.54) is 37.3 Å². The van der Waals surface area contributed by atoms with Crippen molar-refractivity contribution in [3.63, 3.8) is 0 Å². The Morgan fingerprint density at radius 3 is 1.65 bits per heavy atom. The molecule has 0 bridgehead atoms. The van der Waals surface area contributed by atoms with E-state index in [4.69, 9.17) is 9.47 Å². The quantitative estimate of drug-likeness (QED) is 0.0164. The Bertz CT molecular complexity index is 2590. The highest BCUT2D eigenvalue weighted by atomic mass is 16.7. The van der Waals surface area contributed by atoms with E-state index in [2.05, 4.69) is 10.6 Å². The number of ether oxygens (including phenoxy) is 2. The number of amides is 1. The summed E-state index contributed by atoms with van der Waals surface area (Å²) >= 11 is 0. The summed E-state index contributed by atoms with van der Waals surface area (Å²) in [6.45, 7) is 11.6. The molecule has 1 saturated heterocycles. The molecule has 2 rings (SSSR count). The van der Waals surface area contributed by atoms with Gasteiger partial charge in [-0.15, -0.1) is 0 Å². The standard InChI is InChI=1S/C73H114N2O20/c1-48(2)74-40-28-34-57(80)41-53(76)30-26-31-54(77)42-58(81)45-59(82)43-55(78)32-27-33-56(79)44-60(83)46-61(84)47-65(88)50(4)66(95-73-72(93)71(92)70(91)52(6)94-73)36-24-20-16-12-9-11-15-19-23-35-62(85)51(5)69(90)49(3)29-22-18-14-10-7-8-13-17-21-25-37-67(89)75-68-63(86)38-39-64(68)87/h7-13,15-17,19-27,29,31,33,35,37,48-62,66,69-74,76-86,90-93H,14,18,28,30,32,34,36,38-47H2,1-6H3,(H,75,89)/b10-7+,11-9+,13-8+,16-12+,19-15+,21-17+,24-20+,29-22+,31-26+,33-27+,35-23+,37-25+. The molecule has 2 aliphatic rings. The highest BCUT2D eigenvalue weighted by molar-refractivity contribution is 6.03. The summed E-state index contributed by atoms with van der Waals surface area (Å²) in [5, 5.41) is 163. The summed E-state index contributed by atoms with van der Waals surface area (Å²) in [6, 6.07) is 0.353. The van der Waals surface area contributed by atoms with Gasteiger partial charge in [-0.2, -0.15) is 0 Å². The maximum atomic E-state index is 13.6. The molecule has 0 aromatic carbocycles. The highest BCUT2D eigenvalue weighted by Crippen LogP contribution is 2.28. The molecule has 22 heteroatoms. The van der Waals surface area contributed by atoms with E-state index >= 15 is 0 Å². The molecule has 1 aliphatic heterocycles. The number of Topliss-reactive ketones (excluding diaryl/α,β-unsaturated/α-hetero) is 2. The Morgan fingerprint density at radius 1 is 0.558 bits per heavy atom. The molecule has 22 nitrogen and oxygen atoms in total. The highest BCUT2D eigenvalue weighted by Gasteiger charge is 2.44. The fourth-order valence-electron chi connectivity index (χ4n) is 10.3. The lowest BCUT2D eigenvalue weighted by molar-refractivity contribution is -0.306. The van der Waals surface area contributed by atoms with Crippen LogP contribution in [0.4, 0.5) is 0 Å². The Balaban J connectivity index is 1.80. The van der Waals surface area contributed by atoms with Crippen molar-refractivity contribution in [3.8, 4) is 0 Å². The van der Waals surface area contributed by atoms with Crippen LogP contribution in [0.3, 0.4) is 0 Å². The van der Waals surface area contributed by atoms with Crippen LogP contribution in [-0.4, -0.2) is 211 Å². The van der Waals surface area contributed by atoms with Crippen LogP contribution in [0.1, 0.15) is 144 Å². The average molecular weight is 1340 g/mol. The van der Waals surface area contributed by atoms with Gasteiger partial charge in [-0.3, -0.25) is 14.4 Å². The fraction of sp³-hybridized carbons (Fsp3) is 0.603. The maximum Gasteiger partial charge on any atom is 0.248 e. The first kappa shape index (κ1) is 85.6. The second-order valence-corrected chi connectivity index (χ2v) is 25.2. The van der Waals surface area contributed by atoms with E-state index in [1.54, 1.807) is 98.9 Å². The molecule has 0 aromatic rings. The molecule has 1 aliphatic carbocycles. The predicted molar refractivity (Wildman–Crippen MR) is 365 cm³/mol. The molecule has 0 saturated carbocycles. The zero-order valence-corrected chi connectivity index (χ0v) is 56.3. The van der Waals surface area contributed by atoms with Crippen molar-refractivity contribution in [2.45, 2.75) is 254 Å². The van der Waals surface area contributed by atoms with Gasteiger partial charge in [-0.05, 0) is 84.1 Å². The number of aliphatic hydroxyl groups is 15. The van der Waals surface area contributed by atoms with Crippen molar-refractivity contribution in [2.75, 3.05) is 6.54 Å². The molecular formula is C73H114N2O20. The van der Waals surface area contributed by atoms with Crippen molar-refractivity contribution < 1.29 is 100 Å². The smallest absolute Gasteiger partial charge is 0.248 e. The van der Waals surface area contributed by atoms with Crippen LogP contribution < -0.4 is 10.6 Å². The van der Waals surface area contributed by atoms with Crippen LogP contribution in [0.25, 0.3) is 0 Å². The van der Waals surface area contributed by atoms with Crippen LogP contribution in [0.2, 0.25) is 0 Å². The molecule has 1 heterocycles. The van der Waals surface area contributed by atoms with Gasteiger partial charge in [0.05, 0.1) is 79.4 Å². The minimum absolute atomic E-state index is 0.0233. The van der Waals surface area contributed by atoms with Crippen molar-refractivity contribution in [1.29, 1.82) is 0 Å². The number of carbonyl (C=O) groups excluding carboxylic acids is 3. The topological polar surface area (TPSA) is 397 Å². The number of unbranched alkanes of at least 4 members (excludes halogenated alkanes) is 1. The monoisotopic (exact) mass is 1340 g/mol. The minimum atomic E-state index is -1.65. The zero-order valence-electron chi connectivity index (χ0n) is 56.3. The number of hydrogen-bond donors (Lipinski definition) is 17. The first-order valence-electron chi connectivity index (χ1n) is 33.5. The minimum Gasteiger partial charge on any atom is -0.510 e. The van der Waals surface area contributed by atoms with Gasteiger partial charge >= 0.3 is 0 Å². The number of ketones is 2. The van der Waals surface area contributed by atoms with Crippen LogP contribution in [0, 0.1) is 17.8 Å². The third-order valence-corrected chi connectivity index (χ3v) is 16.1. The number of nitrogens with one attached hydrogen (secondary N) is 2. The van der Waals surface area contributed by atoms with Crippen molar-refractivity contribution >= 4 is 17.5 Å². The Labute approximate surface area is 562 Å². The number of rotatable bonds is 48. The Morgan fingerprint density at radius 2 is 1.07 bits per heavy atom. The molecule has 536 valence electrons. The summed E-state index contributed by atoms with van der Waals surface area (Å²) in [5.41, 5.74) is -0.0410. The van der Waals surface area contributed by atoms with E-state index in [0.29, 0.717) is 12.5 Å². The average Bonchev–Trinajstić information content (AvgIpc) is 1.48. The molecule has 1 fully saturated rings. The molecule has 1 amide bonds. The predicted octanol–water partition coefficient (Wildman–Crippen LogP) is 5.03. The number of allylic oxidation sites excluding steroid dienone is 18. The lowest BCUT2D eigenvalue weighted by Crippen LogP contribution is -2.58. The molecule has 95 heavy (non-hydrogen) atoms. The van der Waals surface area contributed by atoms with Gasteiger partial charge in [0.15, 0.2) is 12.1 Å². The largest absolute Gasteiger partial charge is 0.510 e. The molecule has 0 aromatic heterocycles. The summed E-state index contributed by atoms with van der Waals surface area (Å²) in [5.74, 6) is -2.90. The van der Waals surface area contributed by atoms with Gasteiger partial charge in [0.1, 0.15) is 35.6 Å². The van der Waals surface area contributed by atoms with E-state index in [1.807, 2.05) is 51.2 Å². The second-order valence-electron chi connectivity index (χ2n) is 25.2. The van der Waals surface area contributed by atoms with Crippen LogP contribution in [0.15, 0.2) is 157 Å². The van der Waals surface area contributed by atoms with Crippen molar-refractivity contribution in [3.05, 3.63) is 157 Å². The fourth-order valence-corrected chi connectivity index (χ4v) is 10.3. The molecular weight excluding hydrogens is 1220 g/mol. The van der Waals surface area contributed by atoms with Crippen LogP contribution in [0.5, 0.6) is 0 Å². The first-order chi connectivity index (χ1) is 45.1. The first-order valence-corrected chi connectivity index (χ1v) is 33.5. The lowest BCUT2D eigenvalue weighted by Gasteiger charge is -2.41. The Kier molecular flexibility index (Phi) is 44.3. The van der Waals surface area contributed by atoms with Crippen molar-refractivity contribution in [2.24, 2.45) is 17.8 Å². The Hall–Kier alpha value is -5.45. The van der Waals surface area contributed by atoms with Gasteiger partial charge in [0.25, 0.3) is 0 Å². The number of carbonyl (C=O) groups is 3. The summed E-state index contributed by atoms with van der Waals surface area (Å²) in [4.78, 5) is 37.2. The molecule has 17 N–H and O–H groups in total. The number of hydrogen-bond acceptors (Lipinski definition) is 21. The SMILES string of the molecule is CC(C)NCCCC(O)CC(O)C/C=C/C(O)CC(O)CC(O)CC(O)C/C=C/C(O)CC(O)CC(O)CC(=O)C(C)C(C/C=C/C=C/C=C/C=C/C=C/C(O)C(C)C(O)C(C)/C=C/CC/C=C/C=C/C=C/C=C/C(=O)NC1=C(O)CCC1=O)OC1OC(C)C(O)C(O)C1O. The van der Waals surface area contributed by atoms with Crippen LogP contribution in [-0.2, 0) is 23.9 Å². The van der Waals surface area contributed by atoms with E-state index in [-0.39, 0.29) is 93.8 Å². The van der Waals surface area contributed by atoms with Crippen molar-refractivity contribution in [1.82, 2.24) is 10.6 Å². The van der Waals surface area contributed by atoms with Gasteiger partial charge in [-0.1, -0.05) is 174 Å². The van der Waals surface area contributed by atoms with Gasteiger partial charge in [-0.25, -0.2) is 0 Å². The van der Waals surface area contributed by atoms with Crippen LogP contribution >= 0.6 is 0 Å². The second kappa shape index (κ2) is 49.1. The maximum absolute atomic E-state index is 13.6. The normalized spacial score (nSPS) is 23.8. The summed E-state index contributed by atoms with van der Waals surface area (Å²) < 4.78 is 11.7. The third-order valence-electron chi connectivity index (χ3n) is 16.1. The zero-order chi connectivity index (χ0) is 70.8. The summed E-state index contributed by atoms with van der Waals surface area (Å²) in [6.07, 6.45) is 24.2. The van der Waals surface area contributed by atoms with Gasteiger partial charge in [0.2, 0.25) is 5.91 Å². The molecule has 20 atom stereocenters. The lowest BCUT2D eigenvalue weighted by atomic mass is 9.88. The van der Waals surface area contributed by atoms with E-state index in [9.17, 15) is 91.0 Å². The molecule has 0 radical (unpaired) electrons. The molecule has 0 spiro atoms.